The molecule has 1 heterocycles. The van der Waals surface area contributed by atoms with Crippen LogP contribution < -0.4 is 0 Å². The summed E-state index contributed by atoms with van der Waals surface area (Å²) in [6.07, 6.45) is 4.38. The molecule has 1 aromatic heterocycles. The van der Waals surface area contributed by atoms with E-state index in [1.54, 1.807) is 0 Å². The number of hydrogen-bond donors (Lipinski definition) is 1. The van der Waals surface area contributed by atoms with Crippen LogP contribution in [0.3, 0.4) is 0 Å². The summed E-state index contributed by atoms with van der Waals surface area (Å²) in [5.41, 5.74) is -0.0299. The molecule has 0 unspecified atom stereocenters. The molecular weight excluding hydrogens is 393 g/mol. The van der Waals surface area contributed by atoms with Gasteiger partial charge >= 0.3 is 133 Å². The first-order chi connectivity index (χ1) is 10.1. The third-order valence-corrected chi connectivity index (χ3v) is 9.59. The Balaban J connectivity index is 0.00000441. The first-order valence-electron chi connectivity index (χ1n) is 7.35. The summed E-state index contributed by atoms with van der Waals surface area (Å²) in [6, 6.07) is 4.40. The van der Waals surface area contributed by atoms with E-state index in [0.29, 0.717) is 0 Å². The number of hydrogen-bond acceptors (Lipinski definition) is 4. The Morgan fingerprint density at radius 1 is 1.14 bits per heavy atom. The molecule has 123 valence electrons. The van der Waals surface area contributed by atoms with Crippen molar-refractivity contribution < 1.29 is 23.2 Å². The number of carbonyl (C=O) groups excluding carboxylic acids is 1. The van der Waals surface area contributed by atoms with Gasteiger partial charge in [0.2, 0.25) is 0 Å². The van der Waals surface area contributed by atoms with Crippen LogP contribution in [0.2, 0.25) is 8.87 Å². The Kier molecular flexibility index (Phi) is 10.8. The molecule has 0 amide bonds. The fourth-order valence-electron chi connectivity index (χ4n) is 1.83. The average molecular weight is 417 g/mol. The van der Waals surface area contributed by atoms with Crippen molar-refractivity contribution in [2.75, 3.05) is 0 Å². The van der Waals surface area contributed by atoms with Crippen LogP contribution in [-0.4, -0.2) is 47.7 Å². The molecule has 22 heavy (non-hydrogen) atoms. The minimum absolute atomic E-state index is 0. The molecule has 0 fully saturated rings. The first kappa shape index (κ1) is 20.8. The third kappa shape index (κ3) is 7.22. The predicted octanol–water partition coefficient (Wildman–Crippen LogP) is 2.70. The number of carboxylic acids is 1. The number of nitrogens with zero attached hydrogens (tertiary/aromatic N) is 1. The van der Waals surface area contributed by atoms with Crippen molar-refractivity contribution in [2.24, 2.45) is 0 Å². The van der Waals surface area contributed by atoms with Crippen LogP contribution in [0.4, 0.5) is 0 Å². The molecule has 7 heteroatoms. The maximum absolute atomic E-state index is 12.1. The second-order valence-electron chi connectivity index (χ2n) is 4.85. The molecule has 0 atom stereocenters. The van der Waals surface area contributed by atoms with E-state index in [1.165, 1.54) is 18.2 Å². The molecule has 0 saturated heterocycles. The van der Waals surface area contributed by atoms with E-state index >= 15 is 0 Å². The van der Waals surface area contributed by atoms with Crippen LogP contribution in [-0.2, 0) is 3.07 Å². The Bertz CT molecular complexity index is 473. The zero-order valence-electron chi connectivity index (χ0n) is 13.1. The van der Waals surface area contributed by atoms with E-state index in [2.05, 4.69) is 18.8 Å². The summed E-state index contributed by atoms with van der Waals surface area (Å²) < 4.78 is 7.74. The van der Waals surface area contributed by atoms with Gasteiger partial charge in [0.1, 0.15) is 0 Å². The molecule has 3 N–H and O–H groups in total. The normalized spacial score (nSPS) is 10.1. The minimum atomic E-state index is -2.18. The summed E-state index contributed by atoms with van der Waals surface area (Å²) in [7, 11) is 0. The third-order valence-electron chi connectivity index (χ3n) is 3.03. The van der Waals surface area contributed by atoms with Gasteiger partial charge in [-0.2, -0.15) is 0 Å². The fourth-order valence-corrected chi connectivity index (χ4v) is 8.44. The van der Waals surface area contributed by atoms with Crippen LogP contribution >= 0.6 is 0 Å². The van der Waals surface area contributed by atoms with Gasteiger partial charge in [-0.05, 0) is 0 Å². The molecular formula is C15H24NO5Sn. The van der Waals surface area contributed by atoms with Crippen molar-refractivity contribution in [1.82, 2.24) is 4.98 Å². The van der Waals surface area contributed by atoms with Gasteiger partial charge in [0.05, 0.1) is 0 Å². The summed E-state index contributed by atoms with van der Waals surface area (Å²) >= 11 is -2.18. The second kappa shape index (κ2) is 11.4. The molecule has 0 aliphatic heterocycles. The molecule has 0 aliphatic carbocycles. The molecule has 6 nitrogen and oxygen atoms in total. The van der Waals surface area contributed by atoms with Crippen molar-refractivity contribution >= 4 is 32.1 Å². The molecule has 0 bridgehead atoms. The van der Waals surface area contributed by atoms with Crippen LogP contribution in [0.1, 0.15) is 60.5 Å². The fraction of sp³-hybridized carbons (Fsp3) is 0.533. The van der Waals surface area contributed by atoms with Crippen molar-refractivity contribution in [3.63, 3.8) is 0 Å². The number of unbranched alkanes of at least 4 members (excludes halogenated alkanes) is 2. The van der Waals surface area contributed by atoms with Crippen molar-refractivity contribution in [1.29, 1.82) is 0 Å². The van der Waals surface area contributed by atoms with Crippen LogP contribution in [0, 0.1) is 0 Å². The zero-order valence-corrected chi connectivity index (χ0v) is 15.9. The van der Waals surface area contributed by atoms with Crippen molar-refractivity contribution in [3.8, 4) is 0 Å². The van der Waals surface area contributed by atoms with Gasteiger partial charge in [-0.1, -0.05) is 0 Å². The van der Waals surface area contributed by atoms with Gasteiger partial charge < -0.3 is 5.48 Å². The SMILES string of the molecule is CCC[CH2][Sn]([CH2]CCC)[O]C(=O)c1cccc(C(=O)O)n1.O. The standard InChI is InChI=1S/C7H5NO4.2C4H9.H2O.Sn/c9-6(10)4-2-1-3-5(8-4)7(11)12;2*1-3-4-2;;/h1-3H,(H,9,10)(H,11,12);2*1,3-4H2,2H3;1H2;/q;;;;+1/p-1. The summed E-state index contributed by atoms with van der Waals surface area (Å²) in [5.74, 6) is -1.60. The largest absolute Gasteiger partial charge is 0.412 e. The maximum atomic E-state index is 12.1. The van der Waals surface area contributed by atoms with Crippen LogP contribution in [0.15, 0.2) is 18.2 Å². The van der Waals surface area contributed by atoms with E-state index in [1.807, 2.05) is 0 Å². The van der Waals surface area contributed by atoms with Crippen LogP contribution in [0.25, 0.3) is 0 Å². The summed E-state index contributed by atoms with van der Waals surface area (Å²) in [4.78, 5) is 26.8. The van der Waals surface area contributed by atoms with E-state index in [0.717, 1.165) is 34.6 Å². The Morgan fingerprint density at radius 3 is 2.18 bits per heavy atom. The van der Waals surface area contributed by atoms with Gasteiger partial charge in [0.15, 0.2) is 0 Å². The average Bonchev–Trinajstić information content (AvgIpc) is 2.49. The van der Waals surface area contributed by atoms with E-state index < -0.39 is 32.1 Å². The van der Waals surface area contributed by atoms with Crippen molar-refractivity contribution in [3.05, 3.63) is 29.6 Å². The topological polar surface area (TPSA) is 108 Å². The maximum Gasteiger partial charge on any atom is -0.412 e. The van der Waals surface area contributed by atoms with Gasteiger partial charge in [-0.3, -0.25) is 0 Å². The van der Waals surface area contributed by atoms with Crippen molar-refractivity contribution in [2.45, 2.75) is 48.4 Å². The van der Waals surface area contributed by atoms with E-state index in [9.17, 15) is 9.59 Å². The number of rotatable bonds is 9. The number of aromatic carboxylic acids is 1. The molecule has 0 spiro atoms. The number of pyridine rings is 1. The summed E-state index contributed by atoms with van der Waals surface area (Å²) in [6.45, 7) is 4.25. The predicted molar refractivity (Wildman–Crippen MR) is 85.4 cm³/mol. The summed E-state index contributed by atoms with van der Waals surface area (Å²) in [5, 5.41) is 8.90. The smallest absolute Gasteiger partial charge is 0.412 e. The van der Waals surface area contributed by atoms with Gasteiger partial charge in [-0.15, -0.1) is 0 Å². The first-order valence-corrected chi connectivity index (χ1v) is 12.6. The Labute approximate surface area is 138 Å². The Morgan fingerprint density at radius 2 is 1.68 bits per heavy atom. The molecule has 1 radical (unpaired) electrons. The molecule has 0 aromatic carbocycles. The van der Waals surface area contributed by atoms with Gasteiger partial charge in [-0.25, -0.2) is 0 Å². The monoisotopic (exact) mass is 418 g/mol. The van der Waals surface area contributed by atoms with Crippen LogP contribution in [0.5, 0.6) is 0 Å². The number of aromatic nitrogens is 1. The van der Waals surface area contributed by atoms with E-state index in [4.69, 9.17) is 8.18 Å². The number of carbonyl (C=O) groups is 2. The number of carboxylic acid groups (broad SMARTS) is 1. The molecule has 0 saturated carbocycles. The van der Waals surface area contributed by atoms with Gasteiger partial charge in [0, 0.05) is 0 Å². The van der Waals surface area contributed by atoms with E-state index in [-0.39, 0.29) is 16.9 Å². The quantitative estimate of drug-likeness (QED) is 0.622. The zero-order chi connectivity index (χ0) is 15.7. The molecule has 1 rings (SSSR count). The second-order valence-corrected chi connectivity index (χ2v) is 11.4. The minimum Gasteiger partial charge on any atom is -0.412 e. The molecule has 0 aliphatic rings. The Hall–Kier alpha value is -1.15. The molecule has 1 aromatic rings. The van der Waals surface area contributed by atoms with Gasteiger partial charge in [0.25, 0.3) is 0 Å².